The van der Waals surface area contributed by atoms with Crippen molar-refractivity contribution in [3.05, 3.63) is 77.8 Å². The molecule has 3 rings (SSSR count). The second-order valence-electron chi connectivity index (χ2n) is 6.69. The van der Waals surface area contributed by atoms with Gasteiger partial charge in [-0.15, -0.1) is 0 Å². The molecule has 0 unspecified atom stereocenters. The van der Waals surface area contributed by atoms with Gasteiger partial charge in [0.05, 0.1) is 6.61 Å². The lowest BCUT2D eigenvalue weighted by Crippen LogP contribution is -2.51. The van der Waals surface area contributed by atoms with E-state index in [4.69, 9.17) is 27.2 Å². The Morgan fingerprint density at radius 2 is 1.43 bits per heavy atom. The molecule has 3 aromatic carbocycles. The third-order valence-corrected chi connectivity index (χ3v) is 4.48. The molecule has 6 heteroatoms. The highest BCUT2D eigenvalue weighted by Crippen LogP contribution is 2.27. The number of hydrogen-bond acceptors (Lipinski definition) is 4. The van der Waals surface area contributed by atoms with Gasteiger partial charge in [-0.05, 0) is 66.6 Å². The summed E-state index contributed by atoms with van der Waals surface area (Å²) in [6.45, 7) is 1.03. The van der Waals surface area contributed by atoms with Gasteiger partial charge in [0.15, 0.2) is 0 Å². The minimum Gasteiger partial charge on any atom is -0.457 e. The molecular formula is C22H21ClN2O3. The average Bonchev–Trinajstić information content (AvgIpc) is 2.70. The van der Waals surface area contributed by atoms with Crippen molar-refractivity contribution in [1.82, 2.24) is 0 Å². The number of hydrogen-bond donors (Lipinski definition) is 3. The van der Waals surface area contributed by atoms with Crippen molar-refractivity contribution in [2.45, 2.75) is 12.5 Å². The SMILES string of the molecule is C[C@](N)(CO)C(=O)Nc1ccc(Oc2ccc(-c3ccc(Cl)cc3)cc2)cc1. The molecule has 0 saturated heterocycles. The highest BCUT2D eigenvalue weighted by molar-refractivity contribution is 6.30. The third-order valence-electron chi connectivity index (χ3n) is 4.23. The second kappa shape index (κ2) is 8.44. The number of anilines is 1. The van der Waals surface area contributed by atoms with Crippen LogP contribution in [-0.2, 0) is 4.79 Å². The average molecular weight is 397 g/mol. The predicted octanol–water partition coefficient (Wildman–Crippen LogP) is 4.45. The van der Waals surface area contributed by atoms with E-state index in [0.717, 1.165) is 11.1 Å². The maximum Gasteiger partial charge on any atom is 0.246 e. The molecule has 0 fully saturated rings. The Hall–Kier alpha value is -2.86. The zero-order chi connectivity index (χ0) is 20.1. The van der Waals surface area contributed by atoms with Crippen molar-refractivity contribution in [2.75, 3.05) is 11.9 Å². The molecule has 0 aliphatic heterocycles. The number of aliphatic hydroxyl groups excluding tert-OH is 1. The van der Waals surface area contributed by atoms with Gasteiger partial charge in [-0.1, -0.05) is 35.9 Å². The number of halogens is 1. The number of rotatable bonds is 6. The highest BCUT2D eigenvalue weighted by atomic mass is 35.5. The molecule has 0 heterocycles. The summed E-state index contributed by atoms with van der Waals surface area (Å²) in [6, 6.07) is 22.3. The number of benzene rings is 3. The van der Waals surface area contributed by atoms with Crippen LogP contribution in [0.5, 0.6) is 11.5 Å². The van der Waals surface area contributed by atoms with Gasteiger partial charge in [-0.2, -0.15) is 0 Å². The second-order valence-corrected chi connectivity index (χ2v) is 7.12. The van der Waals surface area contributed by atoms with Crippen LogP contribution >= 0.6 is 11.6 Å². The summed E-state index contributed by atoms with van der Waals surface area (Å²) in [6.07, 6.45) is 0. The Morgan fingerprint density at radius 3 is 1.93 bits per heavy atom. The lowest BCUT2D eigenvalue weighted by molar-refractivity contribution is -0.121. The van der Waals surface area contributed by atoms with Crippen LogP contribution in [0.25, 0.3) is 11.1 Å². The van der Waals surface area contributed by atoms with Crippen molar-refractivity contribution in [2.24, 2.45) is 5.73 Å². The van der Waals surface area contributed by atoms with Gasteiger partial charge in [0.25, 0.3) is 0 Å². The standard InChI is InChI=1S/C22H21ClN2O3/c1-22(24,14-26)21(27)25-18-8-12-20(13-9-18)28-19-10-4-16(5-11-19)15-2-6-17(23)7-3-15/h2-13,26H,14,24H2,1H3,(H,25,27)/t22-/m0/s1. The summed E-state index contributed by atoms with van der Waals surface area (Å²) in [4.78, 5) is 12.0. The molecule has 1 amide bonds. The Balaban J connectivity index is 1.64. The monoisotopic (exact) mass is 396 g/mol. The highest BCUT2D eigenvalue weighted by Gasteiger charge is 2.27. The number of amides is 1. The van der Waals surface area contributed by atoms with Gasteiger partial charge in [-0.3, -0.25) is 4.79 Å². The van der Waals surface area contributed by atoms with Crippen LogP contribution in [-0.4, -0.2) is 23.2 Å². The van der Waals surface area contributed by atoms with Gasteiger partial charge < -0.3 is 20.9 Å². The molecule has 0 aliphatic carbocycles. The van der Waals surface area contributed by atoms with Gasteiger partial charge in [0.1, 0.15) is 17.0 Å². The maximum atomic E-state index is 12.0. The first-order valence-corrected chi connectivity index (χ1v) is 9.10. The minimum absolute atomic E-state index is 0.438. The summed E-state index contributed by atoms with van der Waals surface area (Å²) >= 11 is 5.92. The van der Waals surface area contributed by atoms with E-state index < -0.39 is 18.1 Å². The number of ether oxygens (including phenoxy) is 1. The van der Waals surface area contributed by atoms with E-state index in [0.29, 0.717) is 22.2 Å². The Kier molecular flexibility index (Phi) is 5.99. The van der Waals surface area contributed by atoms with Crippen molar-refractivity contribution in [3.63, 3.8) is 0 Å². The van der Waals surface area contributed by atoms with Crippen LogP contribution in [0.1, 0.15) is 6.92 Å². The van der Waals surface area contributed by atoms with Gasteiger partial charge in [-0.25, -0.2) is 0 Å². The fourth-order valence-corrected chi connectivity index (χ4v) is 2.57. The quantitative estimate of drug-likeness (QED) is 0.574. The van der Waals surface area contributed by atoms with Gasteiger partial charge in [0.2, 0.25) is 5.91 Å². The van der Waals surface area contributed by atoms with Crippen LogP contribution in [0.15, 0.2) is 72.8 Å². The molecule has 0 radical (unpaired) electrons. The van der Waals surface area contributed by atoms with Gasteiger partial charge >= 0.3 is 0 Å². The van der Waals surface area contributed by atoms with E-state index >= 15 is 0 Å². The van der Waals surface area contributed by atoms with Crippen LogP contribution in [0.4, 0.5) is 5.69 Å². The molecule has 0 aromatic heterocycles. The number of nitrogens with two attached hydrogens (primary N) is 1. The zero-order valence-corrected chi connectivity index (χ0v) is 16.1. The summed E-state index contributed by atoms with van der Waals surface area (Å²) in [5, 5.41) is 12.5. The van der Waals surface area contributed by atoms with Crippen molar-refractivity contribution in [3.8, 4) is 22.6 Å². The fourth-order valence-electron chi connectivity index (χ4n) is 2.45. The summed E-state index contributed by atoms with van der Waals surface area (Å²) < 4.78 is 5.84. The molecule has 3 aromatic rings. The summed E-state index contributed by atoms with van der Waals surface area (Å²) in [5.74, 6) is 0.876. The number of carbonyl (C=O) groups excluding carboxylic acids is 1. The molecule has 0 saturated carbocycles. The van der Waals surface area contributed by atoms with Crippen molar-refractivity contribution >= 4 is 23.2 Å². The Morgan fingerprint density at radius 1 is 0.964 bits per heavy atom. The minimum atomic E-state index is -1.33. The van der Waals surface area contributed by atoms with Crippen molar-refractivity contribution in [1.29, 1.82) is 0 Å². The van der Waals surface area contributed by atoms with Gasteiger partial charge in [0, 0.05) is 10.7 Å². The smallest absolute Gasteiger partial charge is 0.246 e. The molecule has 1 atom stereocenters. The zero-order valence-electron chi connectivity index (χ0n) is 15.4. The largest absolute Gasteiger partial charge is 0.457 e. The molecular weight excluding hydrogens is 376 g/mol. The molecule has 144 valence electrons. The van der Waals surface area contributed by atoms with Crippen LogP contribution in [0.3, 0.4) is 0 Å². The first-order valence-electron chi connectivity index (χ1n) is 8.72. The Bertz CT molecular complexity index is 937. The molecule has 4 N–H and O–H groups in total. The topological polar surface area (TPSA) is 84.6 Å². The molecule has 0 aliphatic rings. The Labute approximate surface area is 168 Å². The van der Waals surface area contributed by atoms with Crippen LogP contribution in [0.2, 0.25) is 5.02 Å². The summed E-state index contributed by atoms with van der Waals surface area (Å²) in [5.41, 5.74) is 7.09. The van der Waals surface area contributed by atoms with E-state index in [-0.39, 0.29) is 0 Å². The van der Waals surface area contributed by atoms with Crippen LogP contribution < -0.4 is 15.8 Å². The first-order chi connectivity index (χ1) is 13.4. The van der Waals surface area contributed by atoms with E-state index in [9.17, 15) is 4.79 Å². The number of aliphatic hydroxyl groups is 1. The lowest BCUT2D eigenvalue weighted by Gasteiger charge is -2.20. The molecule has 28 heavy (non-hydrogen) atoms. The molecule has 0 spiro atoms. The maximum absolute atomic E-state index is 12.0. The van der Waals surface area contributed by atoms with E-state index in [1.165, 1.54) is 6.92 Å². The lowest BCUT2D eigenvalue weighted by atomic mass is 10.0. The van der Waals surface area contributed by atoms with E-state index in [1.807, 2.05) is 48.5 Å². The molecule has 5 nitrogen and oxygen atoms in total. The molecule has 0 bridgehead atoms. The fraction of sp³-hybridized carbons (Fsp3) is 0.136. The van der Waals surface area contributed by atoms with Crippen LogP contribution in [0, 0.1) is 0 Å². The predicted molar refractivity (Wildman–Crippen MR) is 112 cm³/mol. The first kappa shape index (κ1) is 19.9. The van der Waals surface area contributed by atoms with Crippen molar-refractivity contribution < 1.29 is 14.6 Å². The number of carbonyl (C=O) groups is 1. The number of nitrogens with one attached hydrogen (secondary N) is 1. The normalized spacial score (nSPS) is 12.9. The third kappa shape index (κ3) is 4.89. The summed E-state index contributed by atoms with van der Waals surface area (Å²) in [7, 11) is 0. The van der Waals surface area contributed by atoms with E-state index in [2.05, 4.69) is 5.32 Å². The van der Waals surface area contributed by atoms with E-state index in [1.54, 1.807) is 24.3 Å².